The molecule has 0 aliphatic rings. The third kappa shape index (κ3) is 1.74. The zero-order valence-corrected chi connectivity index (χ0v) is 10.1. The van der Waals surface area contributed by atoms with Gasteiger partial charge in [-0.1, -0.05) is 29.4 Å². The van der Waals surface area contributed by atoms with E-state index in [4.69, 9.17) is 9.25 Å². The van der Waals surface area contributed by atoms with E-state index < -0.39 is 0 Å². The summed E-state index contributed by atoms with van der Waals surface area (Å²) in [6, 6.07) is 15.7. The molecule has 1 heterocycles. The molecule has 90 valence electrons. The molecule has 0 aliphatic carbocycles. The number of hydrogen-bond donors (Lipinski definition) is 0. The van der Waals surface area contributed by atoms with Crippen LogP contribution in [0.1, 0.15) is 6.92 Å². The average molecular weight is 239 g/mol. The summed E-state index contributed by atoms with van der Waals surface area (Å²) in [6.45, 7) is 2.47. The molecule has 0 saturated heterocycles. The predicted octanol–water partition coefficient (Wildman–Crippen LogP) is 3.44. The Balaban J connectivity index is 2.50. The van der Waals surface area contributed by atoms with E-state index in [2.05, 4.69) is 5.16 Å². The van der Waals surface area contributed by atoms with Gasteiger partial charge in [0.25, 0.3) is 0 Å². The second-order valence-electron chi connectivity index (χ2n) is 3.95. The summed E-state index contributed by atoms with van der Waals surface area (Å²) >= 11 is 0. The van der Waals surface area contributed by atoms with Crippen molar-refractivity contribution in [3.63, 3.8) is 0 Å². The van der Waals surface area contributed by atoms with Crippen LogP contribution in [0, 0.1) is 0 Å². The van der Waals surface area contributed by atoms with Gasteiger partial charge in [0.1, 0.15) is 23.1 Å². The van der Waals surface area contributed by atoms with Gasteiger partial charge in [-0.2, -0.15) is 0 Å². The van der Waals surface area contributed by atoms with E-state index in [-0.39, 0.29) is 0 Å². The molecular formula is C15H13NO2. The fourth-order valence-electron chi connectivity index (χ4n) is 1.99. The van der Waals surface area contributed by atoms with E-state index in [0.717, 1.165) is 27.3 Å². The SMILES string of the molecule is CCON=c1c2ccccc2oc2ccccc12. The van der Waals surface area contributed by atoms with Crippen molar-refractivity contribution in [2.45, 2.75) is 6.92 Å². The van der Waals surface area contributed by atoms with Crippen LogP contribution in [0.2, 0.25) is 0 Å². The van der Waals surface area contributed by atoms with Crippen LogP contribution in [0.5, 0.6) is 0 Å². The Morgan fingerprint density at radius 2 is 1.50 bits per heavy atom. The van der Waals surface area contributed by atoms with Crippen LogP contribution in [0.25, 0.3) is 21.9 Å². The molecular weight excluding hydrogens is 226 g/mol. The Hall–Kier alpha value is -2.29. The third-order valence-corrected chi connectivity index (χ3v) is 2.79. The second-order valence-corrected chi connectivity index (χ2v) is 3.95. The van der Waals surface area contributed by atoms with E-state index in [1.165, 1.54) is 0 Å². The molecule has 1 aromatic heterocycles. The molecule has 2 aromatic carbocycles. The van der Waals surface area contributed by atoms with Crippen LogP contribution in [-0.2, 0) is 4.84 Å². The van der Waals surface area contributed by atoms with Crippen LogP contribution >= 0.6 is 0 Å². The Kier molecular flexibility index (Phi) is 2.73. The summed E-state index contributed by atoms with van der Waals surface area (Å²) in [4.78, 5) is 5.22. The first kappa shape index (κ1) is 10.8. The fourth-order valence-corrected chi connectivity index (χ4v) is 1.99. The summed E-state index contributed by atoms with van der Waals surface area (Å²) < 4.78 is 5.85. The first-order chi connectivity index (χ1) is 8.90. The van der Waals surface area contributed by atoms with Gasteiger partial charge in [0, 0.05) is 10.8 Å². The Bertz CT molecular complexity index is 702. The highest BCUT2D eigenvalue weighted by Crippen LogP contribution is 2.17. The Morgan fingerprint density at radius 1 is 0.944 bits per heavy atom. The van der Waals surface area contributed by atoms with Gasteiger partial charge in [0.2, 0.25) is 0 Å². The Labute approximate surface area is 104 Å². The zero-order chi connectivity index (χ0) is 12.4. The van der Waals surface area contributed by atoms with E-state index in [0.29, 0.717) is 6.61 Å². The molecule has 0 N–H and O–H groups in total. The van der Waals surface area contributed by atoms with Gasteiger partial charge in [-0.05, 0) is 31.2 Å². The fraction of sp³-hybridized carbons (Fsp3) is 0.133. The van der Waals surface area contributed by atoms with Crippen molar-refractivity contribution in [1.82, 2.24) is 0 Å². The molecule has 3 aromatic rings. The van der Waals surface area contributed by atoms with Crippen LogP contribution in [-0.4, -0.2) is 6.61 Å². The van der Waals surface area contributed by atoms with Crippen molar-refractivity contribution < 1.29 is 9.25 Å². The van der Waals surface area contributed by atoms with E-state index in [9.17, 15) is 0 Å². The van der Waals surface area contributed by atoms with Crippen molar-refractivity contribution >= 4 is 21.9 Å². The lowest BCUT2D eigenvalue weighted by Gasteiger charge is -2.03. The smallest absolute Gasteiger partial charge is 0.137 e. The highest BCUT2D eigenvalue weighted by atomic mass is 16.6. The van der Waals surface area contributed by atoms with Gasteiger partial charge in [0.15, 0.2) is 0 Å². The third-order valence-electron chi connectivity index (χ3n) is 2.79. The molecule has 0 saturated carbocycles. The lowest BCUT2D eigenvalue weighted by atomic mass is 10.1. The van der Waals surface area contributed by atoms with Gasteiger partial charge in [-0.25, -0.2) is 0 Å². The minimum Gasteiger partial charge on any atom is -0.456 e. The molecule has 0 spiro atoms. The average Bonchev–Trinajstić information content (AvgIpc) is 2.43. The first-order valence-corrected chi connectivity index (χ1v) is 5.96. The molecule has 3 rings (SSSR count). The van der Waals surface area contributed by atoms with Crippen molar-refractivity contribution in [2.75, 3.05) is 6.61 Å². The van der Waals surface area contributed by atoms with Crippen molar-refractivity contribution in [2.24, 2.45) is 5.16 Å². The van der Waals surface area contributed by atoms with E-state index in [1.807, 2.05) is 55.5 Å². The molecule has 0 aliphatic heterocycles. The lowest BCUT2D eigenvalue weighted by Crippen LogP contribution is -2.06. The standard InChI is InChI=1S/C15H13NO2/c1-2-17-16-15-11-7-3-5-9-13(11)18-14-10-6-4-8-12(14)15/h3-10H,2H2,1H3. The van der Waals surface area contributed by atoms with Crippen LogP contribution in [0.4, 0.5) is 0 Å². The van der Waals surface area contributed by atoms with E-state index >= 15 is 0 Å². The van der Waals surface area contributed by atoms with Crippen LogP contribution in [0.15, 0.2) is 58.1 Å². The molecule has 0 bridgehead atoms. The molecule has 0 atom stereocenters. The van der Waals surface area contributed by atoms with Crippen LogP contribution < -0.4 is 5.36 Å². The number of benzene rings is 2. The van der Waals surface area contributed by atoms with Gasteiger partial charge in [0.05, 0.1) is 0 Å². The van der Waals surface area contributed by atoms with Gasteiger partial charge in [-0.3, -0.25) is 0 Å². The summed E-state index contributed by atoms with van der Waals surface area (Å²) in [5.41, 5.74) is 1.63. The second kappa shape index (κ2) is 4.53. The van der Waals surface area contributed by atoms with E-state index in [1.54, 1.807) is 0 Å². The maximum atomic E-state index is 5.85. The highest BCUT2D eigenvalue weighted by Gasteiger charge is 2.04. The van der Waals surface area contributed by atoms with Gasteiger partial charge in [-0.15, -0.1) is 0 Å². The minimum absolute atomic E-state index is 0.550. The topological polar surface area (TPSA) is 34.7 Å². The summed E-state index contributed by atoms with van der Waals surface area (Å²) in [5, 5.41) is 6.97. The summed E-state index contributed by atoms with van der Waals surface area (Å²) in [7, 11) is 0. The zero-order valence-electron chi connectivity index (χ0n) is 10.1. The minimum atomic E-state index is 0.550. The molecule has 0 unspecified atom stereocenters. The molecule has 0 radical (unpaired) electrons. The number of fused-ring (bicyclic) bond motifs is 2. The lowest BCUT2D eigenvalue weighted by molar-refractivity contribution is 0.148. The predicted molar refractivity (Wildman–Crippen MR) is 70.9 cm³/mol. The summed E-state index contributed by atoms with van der Waals surface area (Å²) in [6.07, 6.45) is 0. The van der Waals surface area contributed by atoms with Crippen LogP contribution in [0.3, 0.4) is 0 Å². The van der Waals surface area contributed by atoms with Crippen molar-refractivity contribution in [1.29, 1.82) is 0 Å². The quantitative estimate of drug-likeness (QED) is 0.507. The monoisotopic (exact) mass is 239 g/mol. The molecule has 0 amide bonds. The normalized spacial score (nSPS) is 10.7. The van der Waals surface area contributed by atoms with Gasteiger partial charge >= 0.3 is 0 Å². The Morgan fingerprint density at radius 3 is 2.06 bits per heavy atom. The number of para-hydroxylation sites is 2. The number of hydrogen-bond acceptors (Lipinski definition) is 3. The molecule has 3 heteroatoms. The highest BCUT2D eigenvalue weighted by molar-refractivity contribution is 5.89. The van der Waals surface area contributed by atoms with Crippen molar-refractivity contribution in [3.05, 3.63) is 53.9 Å². The maximum Gasteiger partial charge on any atom is 0.137 e. The number of rotatable bonds is 2. The molecule has 3 nitrogen and oxygen atoms in total. The first-order valence-electron chi connectivity index (χ1n) is 5.96. The van der Waals surface area contributed by atoms with Gasteiger partial charge < -0.3 is 9.25 Å². The largest absolute Gasteiger partial charge is 0.456 e. The number of nitrogens with zero attached hydrogens (tertiary/aromatic N) is 1. The maximum absolute atomic E-state index is 5.85. The summed E-state index contributed by atoms with van der Waals surface area (Å²) in [5.74, 6) is 0. The van der Waals surface area contributed by atoms with Crippen molar-refractivity contribution in [3.8, 4) is 0 Å². The molecule has 18 heavy (non-hydrogen) atoms. The molecule has 0 fully saturated rings.